The van der Waals surface area contributed by atoms with Gasteiger partial charge in [0.15, 0.2) is 0 Å². The molecule has 0 atom stereocenters. The average Bonchev–Trinajstić information content (AvgIpc) is 2.25. The molecule has 98 valence electrons. The molecule has 0 unspecified atom stereocenters. The maximum atomic E-state index is 12.9. The van der Waals surface area contributed by atoms with Crippen molar-refractivity contribution in [2.75, 3.05) is 27.2 Å². The van der Waals surface area contributed by atoms with Gasteiger partial charge in [-0.1, -0.05) is 0 Å². The van der Waals surface area contributed by atoms with Crippen molar-refractivity contribution in [3.05, 3.63) is 24.3 Å². The van der Waals surface area contributed by atoms with E-state index < -0.39 is 15.8 Å². The second-order valence-electron chi connectivity index (χ2n) is 3.27. The molecule has 1 N–H and O–H groups in total. The highest BCUT2D eigenvalue weighted by Crippen LogP contribution is 2.13. The standard InChI is InChI=1S/C9H14FN3O2S.ClH/c1-11-3-4-13(2)16(14,15)9-5-8(10)6-12-7-9;/h5-7,11H,3-4H2,1-2H3;1H. The Bertz CT molecular complexity index is 455. The van der Waals surface area contributed by atoms with Crippen LogP contribution in [0.15, 0.2) is 23.4 Å². The molecule has 8 heteroatoms. The average molecular weight is 284 g/mol. The van der Waals surface area contributed by atoms with Crippen LogP contribution < -0.4 is 5.32 Å². The number of hydrogen-bond donors (Lipinski definition) is 1. The lowest BCUT2D eigenvalue weighted by atomic mass is 10.5. The van der Waals surface area contributed by atoms with E-state index in [9.17, 15) is 12.8 Å². The van der Waals surface area contributed by atoms with Gasteiger partial charge >= 0.3 is 0 Å². The quantitative estimate of drug-likeness (QED) is 0.854. The summed E-state index contributed by atoms with van der Waals surface area (Å²) in [5, 5.41) is 2.84. The zero-order valence-corrected chi connectivity index (χ0v) is 11.2. The summed E-state index contributed by atoms with van der Waals surface area (Å²) in [5.41, 5.74) is 0. The Labute approximate surface area is 106 Å². The van der Waals surface area contributed by atoms with Gasteiger partial charge in [0.05, 0.1) is 6.20 Å². The zero-order chi connectivity index (χ0) is 12.2. The zero-order valence-electron chi connectivity index (χ0n) is 9.55. The Morgan fingerprint density at radius 1 is 1.47 bits per heavy atom. The Hall–Kier alpha value is -0.760. The summed E-state index contributed by atoms with van der Waals surface area (Å²) in [6.07, 6.45) is 2.10. The van der Waals surface area contributed by atoms with E-state index in [-0.39, 0.29) is 17.3 Å². The molecule has 0 aliphatic rings. The van der Waals surface area contributed by atoms with Crippen LogP contribution in [0.5, 0.6) is 0 Å². The first-order chi connectivity index (χ1) is 7.48. The predicted octanol–water partition coefficient (Wildman–Crippen LogP) is 0.482. The van der Waals surface area contributed by atoms with E-state index in [0.717, 1.165) is 22.8 Å². The van der Waals surface area contributed by atoms with Crippen LogP contribution in [0.4, 0.5) is 4.39 Å². The SMILES string of the molecule is CNCCN(C)S(=O)(=O)c1cncc(F)c1.Cl. The second kappa shape index (κ2) is 6.85. The van der Waals surface area contributed by atoms with Crippen LogP contribution in [-0.2, 0) is 10.0 Å². The van der Waals surface area contributed by atoms with E-state index in [2.05, 4.69) is 10.3 Å². The van der Waals surface area contributed by atoms with Gasteiger partial charge in [-0.3, -0.25) is 4.98 Å². The number of nitrogens with one attached hydrogen (secondary N) is 1. The third-order valence-corrected chi connectivity index (χ3v) is 3.89. The van der Waals surface area contributed by atoms with Crippen LogP contribution >= 0.6 is 12.4 Å². The normalized spacial score (nSPS) is 11.3. The number of likely N-dealkylation sites (N-methyl/N-ethyl adjacent to an activating group) is 2. The number of pyridine rings is 1. The number of rotatable bonds is 5. The first kappa shape index (κ1) is 16.2. The lowest BCUT2D eigenvalue weighted by molar-refractivity contribution is 0.465. The van der Waals surface area contributed by atoms with Gasteiger partial charge in [0.25, 0.3) is 0 Å². The smallest absolute Gasteiger partial charge is 0.244 e. The summed E-state index contributed by atoms with van der Waals surface area (Å²) in [7, 11) is -0.474. The molecule has 0 aliphatic heterocycles. The largest absolute Gasteiger partial charge is 0.318 e. The van der Waals surface area contributed by atoms with Crippen LogP contribution in [0.3, 0.4) is 0 Å². The van der Waals surface area contributed by atoms with E-state index >= 15 is 0 Å². The van der Waals surface area contributed by atoms with Crippen molar-refractivity contribution >= 4 is 22.4 Å². The predicted molar refractivity (Wildman–Crippen MR) is 65.2 cm³/mol. The summed E-state index contributed by atoms with van der Waals surface area (Å²) in [6, 6.07) is 0.957. The highest BCUT2D eigenvalue weighted by Gasteiger charge is 2.20. The molecular formula is C9H15ClFN3O2S. The highest BCUT2D eigenvalue weighted by atomic mass is 35.5. The van der Waals surface area contributed by atoms with Gasteiger partial charge in [0, 0.05) is 26.3 Å². The molecule has 1 aromatic heterocycles. The lowest BCUT2D eigenvalue weighted by Crippen LogP contribution is -2.32. The fourth-order valence-electron chi connectivity index (χ4n) is 1.10. The molecule has 0 aliphatic carbocycles. The molecular weight excluding hydrogens is 269 g/mol. The molecule has 0 fully saturated rings. The second-order valence-corrected chi connectivity index (χ2v) is 5.31. The van der Waals surface area contributed by atoms with E-state index in [1.807, 2.05) is 0 Å². The Morgan fingerprint density at radius 3 is 2.65 bits per heavy atom. The fourth-order valence-corrected chi connectivity index (χ4v) is 2.25. The molecule has 0 amide bonds. The van der Waals surface area contributed by atoms with Gasteiger partial charge < -0.3 is 5.32 Å². The minimum atomic E-state index is -3.64. The molecule has 0 saturated carbocycles. The molecule has 0 saturated heterocycles. The third-order valence-electron chi connectivity index (χ3n) is 2.06. The lowest BCUT2D eigenvalue weighted by Gasteiger charge is -2.16. The van der Waals surface area contributed by atoms with E-state index in [1.165, 1.54) is 7.05 Å². The van der Waals surface area contributed by atoms with E-state index in [0.29, 0.717) is 13.1 Å². The van der Waals surface area contributed by atoms with Crippen LogP contribution in [0.1, 0.15) is 0 Å². The monoisotopic (exact) mass is 283 g/mol. The number of aromatic nitrogens is 1. The summed E-state index contributed by atoms with van der Waals surface area (Å²) >= 11 is 0. The van der Waals surface area contributed by atoms with E-state index in [4.69, 9.17) is 0 Å². The maximum Gasteiger partial charge on any atom is 0.244 e. The number of nitrogens with zero attached hydrogens (tertiary/aromatic N) is 2. The molecule has 1 aromatic rings. The number of sulfonamides is 1. The van der Waals surface area contributed by atoms with Gasteiger partial charge in [-0.05, 0) is 13.1 Å². The van der Waals surface area contributed by atoms with Crippen LogP contribution in [0, 0.1) is 5.82 Å². The van der Waals surface area contributed by atoms with E-state index in [1.54, 1.807) is 7.05 Å². The highest BCUT2D eigenvalue weighted by molar-refractivity contribution is 7.89. The maximum absolute atomic E-state index is 12.9. The Balaban J connectivity index is 0.00000256. The van der Waals surface area contributed by atoms with Crippen molar-refractivity contribution < 1.29 is 12.8 Å². The van der Waals surface area contributed by atoms with Gasteiger partial charge in [-0.15, -0.1) is 12.4 Å². The Morgan fingerprint density at radius 2 is 2.12 bits per heavy atom. The first-order valence-corrected chi connectivity index (χ1v) is 6.14. The molecule has 1 rings (SSSR count). The van der Waals surface area contributed by atoms with Gasteiger partial charge in [0.2, 0.25) is 10.0 Å². The van der Waals surface area contributed by atoms with Crippen LogP contribution in [0.2, 0.25) is 0 Å². The molecule has 5 nitrogen and oxygen atoms in total. The number of hydrogen-bond acceptors (Lipinski definition) is 4. The summed E-state index contributed by atoms with van der Waals surface area (Å²) < 4.78 is 37.8. The fraction of sp³-hybridized carbons (Fsp3) is 0.444. The van der Waals surface area contributed by atoms with Gasteiger partial charge in [0.1, 0.15) is 10.7 Å². The number of halogens is 2. The molecule has 1 heterocycles. The molecule has 0 radical (unpaired) electrons. The van der Waals surface area contributed by atoms with Crippen LogP contribution in [0.25, 0.3) is 0 Å². The van der Waals surface area contributed by atoms with Gasteiger partial charge in [-0.25, -0.2) is 12.8 Å². The van der Waals surface area contributed by atoms with Crippen molar-refractivity contribution in [1.29, 1.82) is 0 Å². The van der Waals surface area contributed by atoms with Crippen molar-refractivity contribution in [3.8, 4) is 0 Å². The molecule has 0 bridgehead atoms. The summed E-state index contributed by atoms with van der Waals surface area (Å²) in [4.78, 5) is 3.38. The van der Waals surface area contributed by atoms with Crippen LogP contribution in [-0.4, -0.2) is 44.9 Å². The summed E-state index contributed by atoms with van der Waals surface area (Å²) in [5.74, 6) is -0.664. The summed E-state index contributed by atoms with van der Waals surface area (Å²) in [6.45, 7) is 0.841. The van der Waals surface area contributed by atoms with Crippen molar-refractivity contribution in [2.24, 2.45) is 0 Å². The van der Waals surface area contributed by atoms with Crippen molar-refractivity contribution in [2.45, 2.75) is 4.90 Å². The first-order valence-electron chi connectivity index (χ1n) is 4.70. The minimum Gasteiger partial charge on any atom is -0.318 e. The molecule has 0 aromatic carbocycles. The third kappa shape index (κ3) is 4.19. The van der Waals surface area contributed by atoms with Crippen molar-refractivity contribution in [1.82, 2.24) is 14.6 Å². The molecule has 0 spiro atoms. The topological polar surface area (TPSA) is 62.3 Å². The van der Waals surface area contributed by atoms with Crippen molar-refractivity contribution in [3.63, 3.8) is 0 Å². The minimum absolute atomic E-state index is 0. The van der Waals surface area contributed by atoms with Gasteiger partial charge in [-0.2, -0.15) is 4.31 Å². The molecule has 17 heavy (non-hydrogen) atoms. The Kier molecular flexibility index (Phi) is 6.54.